The molecule has 1 N–H and O–H groups in total. The first-order chi connectivity index (χ1) is 12.9. The molecule has 27 heavy (non-hydrogen) atoms. The topological polar surface area (TPSA) is 75.7 Å². The van der Waals surface area contributed by atoms with E-state index in [2.05, 4.69) is 5.32 Å². The van der Waals surface area contributed by atoms with Crippen LogP contribution in [0.3, 0.4) is 0 Å². The van der Waals surface area contributed by atoms with Gasteiger partial charge in [0, 0.05) is 24.7 Å². The molecule has 2 aromatic rings. The number of anilines is 1. The Bertz CT molecular complexity index is 815. The molecule has 0 aromatic heterocycles. The van der Waals surface area contributed by atoms with Gasteiger partial charge in [-0.2, -0.15) is 0 Å². The molecule has 0 bridgehead atoms. The largest absolute Gasteiger partial charge is 0.496 e. The van der Waals surface area contributed by atoms with Gasteiger partial charge >= 0.3 is 0 Å². The van der Waals surface area contributed by atoms with Gasteiger partial charge in [0.05, 0.1) is 13.7 Å². The first kappa shape index (κ1) is 20.2. The highest BCUT2D eigenvalue weighted by Crippen LogP contribution is 2.18. The zero-order chi connectivity index (χ0) is 19.8. The number of amides is 2. The average Bonchev–Trinajstić information content (AvgIpc) is 2.65. The van der Waals surface area contributed by atoms with E-state index in [1.165, 1.54) is 18.7 Å². The van der Waals surface area contributed by atoms with Crippen LogP contribution in [-0.4, -0.2) is 42.7 Å². The molecule has 0 heterocycles. The number of Topliss-reactive ketones (excluding diaryl/α,β-unsaturated/α-hetero) is 1. The molecule has 0 unspecified atom stereocenters. The fourth-order valence-electron chi connectivity index (χ4n) is 2.67. The summed E-state index contributed by atoms with van der Waals surface area (Å²) in [6, 6.07) is 14.2. The fourth-order valence-corrected chi connectivity index (χ4v) is 2.67. The Kier molecular flexibility index (Phi) is 7.11. The Balaban J connectivity index is 1.95. The second-order valence-corrected chi connectivity index (χ2v) is 6.18. The van der Waals surface area contributed by atoms with Gasteiger partial charge in [0.15, 0.2) is 5.78 Å². The van der Waals surface area contributed by atoms with E-state index in [0.29, 0.717) is 24.2 Å². The Hall–Kier alpha value is -3.15. The number of hydrogen-bond acceptors (Lipinski definition) is 4. The van der Waals surface area contributed by atoms with Crippen LogP contribution in [0.15, 0.2) is 48.5 Å². The highest BCUT2D eigenvalue weighted by Gasteiger charge is 2.15. The third kappa shape index (κ3) is 5.95. The van der Waals surface area contributed by atoms with E-state index < -0.39 is 0 Å². The molecule has 0 fully saturated rings. The van der Waals surface area contributed by atoms with E-state index in [4.69, 9.17) is 4.74 Å². The lowest BCUT2D eigenvalue weighted by molar-refractivity contribution is -0.132. The summed E-state index contributed by atoms with van der Waals surface area (Å²) in [5, 5.41) is 2.75. The molecule has 2 rings (SSSR count). The van der Waals surface area contributed by atoms with Crippen LogP contribution in [0.25, 0.3) is 0 Å². The van der Waals surface area contributed by atoms with Crippen molar-refractivity contribution >= 4 is 23.3 Å². The lowest BCUT2D eigenvalue weighted by Gasteiger charge is -2.21. The van der Waals surface area contributed by atoms with Crippen LogP contribution < -0.4 is 10.1 Å². The number of ether oxygens (including phenoxy) is 1. The zero-order valence-corrected chi connectivity index (χ0v) is 15.8. The molecule has 0 atom stereocenters. The molecule has 2 aromatic carbocycles. The molecule has 0 aliphatic carbocycles. The molecular weight excluding hydrogens is 344 g/mol. The molecule has 2 amide bonds. The van der Waals surface area contributed by atoms with Crippen molar-refractivity contribution in [1.82, 2.24) is 4.90 Å². The molecule has 0 aliphatic rings. The van der Waals surface area contributed by atoms with Gasteiger partial charge in [-0.3, -0.25) is 14.4 Å². The van der Waals surface area contributed by atoms with Crippen molar-refractivity contribution in [3.05, 3.63) is 59.7 Å². The first-order valence-corrected chi connectivity index (χ1v) is 8.69. The monoisotopic (exact) mass is 368 g/mol. The maximum Gasteiger partial charge on any atom is 0.243 e. The number of rotatable bonds is 8. The quantitative estimate of drug-likeness (QED) is 0.727. The van der Waals surface area contributed by atoms with E-state index in [1.54, 1.807) is 31.4 Å². The number of hydrogen-bond donors (Lipinski definition) is 1. The second kappa shape index (κ2) is 9.52. The van der Waals surface area contributed by atoms with Crippen LogP contribution >= 0.6 is 0 Å². The predicted molar refractivity (Wildman–Crippen MR) is 104 cm³/mol. The van der Waals surface area contributed by atoms with Crippen LogP contribution in [0.1, 0.15) is 29.8 Å². The van der Waals surface area contributed by atoms with Gasteiger partial charge in [-0.25, -0.2) is 0 Å². The van der Waals surface area contributed by atoms with Crippen molar-refractivity contribution in [1.29, 1.82) is 0 Å². The number of para-hydroxylation sites is 1. The molecule has 6 heteroatoms. The number of methoxy groups -OCH3 is 1. The maximum atomic E-state index is 12.3. The molecular formula is C21H24N2O4. The Labute approximate surface area is 159 Å². The normalized spacial score (nSPS) is 10.2. The summed E-state index contributed by atoms with van der Waals surface area (Å²) in [5.74, 6) is 0.260. The molecule has 0 spiro atoms. The molecule has 6 nitrogen and oxygen atoms in total. The molecule has 0 radical (unpaired) electrons. The third-order valence-corrected chi connectivity index (χ3v) is 4.20. The van der Waals surface area contributed by atoms with Crippen molar-refractivity contribution in [3.8, 4) is 5.75 Å². The van der Waals surface area contributed by atoms with Crippen LogP contribution in [0.4, 0.5) is 5.69 Å². The summed E-state index contributed by atoms with van der Waals surface area (Å²) in [4.78, 5) is 37.0. The van der Waals surface area contributed by atoms with Crippen molar-refractivity contribution in [2.45, 2.75) is 20.3 Å². The molecule has 142 valence electrons. The number of nitrogens with one attached hydrogen (secondary N) is 1. The number of carbonyl (C=O) groups is 3. The van der Waals surface area contributed by atoms with Gasteiger partial charge in [0.25, 0.3) is 0 Å². The number of nitrogens with zero attached hydrogens (tertiary/aromatic N) is 1. The SMILES string of the molecule is COc1ccccc1CCN(CC(=O)Nc1ccc(C(C)=O)cc1)C(C)=O. The Morgan fingerprint density at radius 2 is 1.67 bits per heavy atom. The van der Waals surface area contributed by atoms with Crippen LogP contribution in [0, 0.1) is 0 Å². The van der Waals surface area contributed by atoms with Gasteiger partial charge in [0.2, 0.25) is 11.8 Å². The van der Waals surface area contributed by atoms with Crippen molar-refractivity contribution in [2.24, 2.45) is 0 Å². The van der Waals surface area contributed by atoms with E-state index in [9.17, 15) is 14.4 Å². The van der Waals surface area contributed by atoms with E-state index in [1.807, 2.05) is 24.3 Å². The van der Waals surface area contributed by atoms with Crippen molar-refractivity contribution < 1.29 is 19.1 Å². The maximum absolute atomic E-state index is 12.3. The Morgan fingerprint density at radius 1 is 1.00 bits per heavy atom. The third-order valence-electron chi connectivity index (χ3n) is 4.20. The number of benzene rings is 2. The van der Waals surface area contributed by atoms with Crippen molar-refractivity contribution in [2.75, 3.05) is 25.5 Å². The van der Waals surface area contributed by atoms with Crippen LogP contribution in [0.2, 0.25) is 0 Å². The highest BCUT2D eigenvalue weighted by molar-refractivity contribution is 5.96. The molecule has 0 saturated heterocycles. The van der Waals surface area contributed by atoms with Gasteiger partial charge in [-0.05, 0) is 49.2 Å². The Morgan fingerprint density at radius 3 is 2.26 bits per heavy atom. The summed E-state index contributed by atoms with van der Waals surface area (Å²) < 4.78 is 5.32. The minimum absolute atomic E-state index is 0.0352. The van der Waals surface area contributed by atoms with E-state index in [-0.39, 0.29) is 24.1 Å². The smallest absolute Gasteiger partial charge is 0.243 e. The lowest BCUT2D eigenvalue weighted by atomic mass is 10.1. The number of ketones is 1. The summed E-state index contributed by atoms with van der Waals surface area (Å²) >= 11 is 0. The predicted octanol–water partition coefficient (Wildman–Crippen LogP) is 2.93. The van der Waals surface area contributed by atoms with E-state index >= 15 is 0 Å². The van der Waals surface area contributed by atoms with E-state index in [0.717, 1.165) is 11.3 Å². The van der Waals surface area contributed by atoms with Gasteiger partial charge < -0.3 is 15.0 Å². The average molecular weight is 368 g/mol. The van der Waals surface area contributed by atoms with Gasteiger partial charge in [-0.15, -0.1) is 0 Å². The summed E-state index contributed by atoms with van der Waals surface area (Å²) in [6.07, 6.45) is 0.587. The van der Waals surface area contributed by atoms with Crippen molar-refractivity contribution in [3.63, 3.8) is 0 Å². The summed E-state index contributed by atoms with van der Waals surface area (Å²) in [6.45, 7) is 3.29. The van der Waals surface area contributed by atoms with Gasteiger partial charge in [-0.1, -0.05) is 18.2 Å². The first-order valence-electron chi connectivity index (χ1n) is 8.69. The zero-order valence-electron chi connectivity index (χ0n) is 15.8. The second-order valence-electron chi connectivity index (χ2n) is 6.18. The summed E-state index contributed by atoms with van der Waals surface area (Å²) in [7, 11) is 1.60. The minimum atomic E-state index is -0.291. The fraction of sp³-hybridized carbons (Fsp3) is 0.286. The number of carbonyl (C=O) groups excluding carboxylic acids is 3. The lowest BCUT2D eigenvalue weighted by Crippen LogP contribution is -2.38. The van der Waals surface area contributed by atoms with Crippen LogP contribution in [0.5, 0.6) is 5.75 Å². The summed E-state index contributed by atoms with van der Waals surface area (Å²) in [5.41, 5.74) is 2.14. The van der Waals surface area contributed by atoms with Crippen LogP contribution in [-0.2, 0) is 16.0 Å². The molecule has 0 saturated carbocycles. The minimum Gasteiger partial charge on any atom is -0.496 e. The molecule has 0 aliphatic heterocycles. The standard InChI is InChI=1S/C21H24N2O4/c1-15(24)17-8-10-19(11-9-17)22-21(26)14-23(16(2)25)13-12-18-6-4-5-7-20(18)27-3/h4-11H,12-14H2,1-3H3,(H,22,26). The van der Waals surface area contributed by atoms with Gasteiger partial charge in [0.1, 0.15) is 5.75 Å². The highest BCUT2D eigenvalue weighted by atomic mass is 16.5.